The maximum Gasteiger partial charge on any atom is 0.255 e. The van der Waals surface area contributed by atoms with E-state index in [1.54, 1.807) is 0 Å². The van der Waals surface area contributed by atoms with Crippen LogP contribution in [0.1, 0.15) is 16.8 Å². The van der Waals surface area contributed by atoms with Gasteiger partial charge in [0.15, 0.2) is 0 Å². The summed E-state index contributed by atoms with van der Waals surface area (Å²) >= 11 is 3.50. The average Bonchev–Trinajstić information content (AvgIpc) is 2.96. The summed E-state index contributed by atoms with van der Waals surface area (Å²) in [6.07, 6.45) is 3.58. The van der Waals surface area contributed by atoms with E-state index in [0.717, 1.165) is 33.7 Å². The lowest BCUT2D eigenvalue weighted by Crippen LogP contribution is -2.35. The molecular formula is C17H17BrN4O3S. The molecule has 0 radical (unpaired) electrons. The Morgan fingerprint density at radius 2 is 2.15 bits per heavy atom. The van der Waals surface area contributed by atoms with Crippen molar-refractivity contribution in [1.29, 1.82) is 0 Å². The van der Waals surface area contributed by atoms with Crippen molar-refractivity contribution < 1.29 is 8.42 Å². The van der Waals surface area contributed by atoms with Crippen LogP contribution < -0.4 is 5.56 Å². The second-order valence-electron chi connectivity index (χ2n) is 6.53. The summed E-state index contributed by atoms with van der Waals surface area (Å²) in [6.45, 7) is 1.86. The number of fused-ring (bicyclic) bond motifs is 2. The Hall–Kier alpha value is -1.97. The van der Waals surface area contributed by atoms with Crippen molar-refractivity contribution in [3.63, 3.8) is 0 Å². The van der Waals surface area contributed by atoms with Gasteiger partial charge in [-0.2, -0.15) is 0 Å². The van der Waals surface area contributed by atoms with Crippen LogP contribution in [0.15, 0.2) is 38.8 Å². The third kappa shape index (κ3) is 3.22. The summed E-state index contributed by atoms with van der Waals surface area (Å²) in [6, 6.07) is 6.08. The molecule has 0 saturated heterocycles. The van der Waals surface area contributed by atoms with Gasteiger partial charge in [0, 0.05) is 53.0 Å². The first-order chi connectivity index (χ1) is 12.3. The fraction of sp³-hybridized carbons (Fsp3) is 0.294. The highest BCUT2D eigenvalue weighted by atomic mass is 79.9. The highest BCUT2D eigenvalue weighted by Gasteiger charge is 2.24. The predicted octanol–water partition coefficient (Wildman–Crippen LogP) is 1.98. The normalized spacial score (nSPS) is 15.3. The van der Waals surface area contributed by atoms with Gasteiger partial charge < -0.3 is 4.98 Å². The van der Waals surface area contributed by atoms with Crippen LogP contribution in [0.25, 0.3) is 10.9 Å². The Bertz CT molecular complexity index is 1170. The van der Waals surface area contributed by atoms with Crippen LogP contribution in [0.2, 0.25) is 0 Å². The number of nitrogens with one attached hydrogen (secondary N) is 2. The number of H-pyrrole nitrogens is 2. The Morgan fingerprint density at radius 1 is 1.35 bits per heavy atom. The average molecular weight is 437 g/mol. The minimum Gasteiger partial charge on any atom is -0.361 e. The second-order valence-corrected chi connectivity index (χ2v) is 9.38. The van der Waals surface area contributed by atoms with Crippen molar-refractivity contribution in [1.82, 2.24) is 19.9 Å². The first kappa shape index (κ1) is 17.4. The summed E-state index contributed by atoms with van der Waals surface area (Å²) < 4.78 is 24.5. The Balaban J connectivity index is 1.65. The smallest absolute Gasteiger partial charge is 0.255 e. The molecule has 2 N–H and O–H groups in total. The van der Waals surface area contributed by atoms with Crippen LogP contribution in [0, 0.1) is 0 Å². The van der Waals surface area contributed by atoms with Crippen LogP contribution >= 0.6 is 15.9 Å². The molecule has 0 bridgehead atoms. The zero-order chi connectivity index (χ0) is 18.5. The second kappa shape index (κ2) is 6.33. The first-order valence-electron chi connectivity index (χ1n) is 8.11. The van der Waals surface area contributed by atoms with E-state index in [9.17, 15) is 13.2 Å². The molecule has 1 aliphatic heterocycles. The molecule has 3 heterocycles. The van der Waals surface area contributed by atoms with E-state index < -0.39 is 9.84 Å². The molecular weight excluding hydrogens is 420 g/mol. The number of nitrogens with zero attached hydrogens (tertiary/aromatic N) is 2. The van der Waals surface area contributed by atoms with E-state index in [1.165, 1.54) is 0 Å². The van der Waals surface area contributed by atoms with Gasteiger partial charge in [-0.25, -0.2) is 13.4 Å². The number of hydrogen-bond donors (Lipinski definition) is 2. The molecule has 1 aromatic carbocycles. The minimum absolute atomic E-state index is 0.265. The molecule has 0 atom stereocenters. The van der Waals surface area contributed by atoms with Crippen LogP contribution in [-0.2, 0) is 29.3 Å². The van der Waals surface area contributed by atoms with Crippen molar-refractivity contribution in [2.24, 2.45) is 0 Å². The molecule has 26 heavy (non-hydrogen) atoms. The van der Waals surface area contributed by atoms with Crippen molar-refractivity contribution in [2.45, 2.75) is 24.7 Å². The first-order valence-corrected chi connectivity index (χ1v) is 10.8. The van der Waals surface area contributed by atoms with Gasteiger partial charge in [-0.15, -0.1) is 0 Å². The number of rotatable bonds is 3. The molecule has 0 fully saturated rings. The van der Waals surface area contributed by atoms with Gasteiger partial charge in [0.05, 0.1) is 5.69 Å². The van der Waals surface area contributed by atoms with Crippen LogP contribution in [-0.4, -0.2) is 41.1 Å². The fourth-order valence-corrected chi connectivity index (χ4v) is 4.22. The van der Waals surface area contributed by atoms with E-state index in [4.69, 9.17) is 0 Å². The predicted molar refractivity (Wildman–Crippen MR) is 102 cm³/mol. The van der Waals surface area contributed by atoms with Gasteiger partial charge in [0.2, 0.25) is 15.0 Å². The summed E-state index contributed by atoms with van der Waals surface area (Å²) in [5.41, 5.74) is 2.98. The lowest BCUT2D eigenvalue weighted by Gasteiger charge is -2.27. The number of sulfone groups is 1. The molecule has 0 saturated carbocycles. The largest absolute Gasteiger partial charge is 0.361 e. The molecule has 0 aliphatic carbocycles. The monoisotopic (exact) mass is 436 g/mol. The molecule has 0 unspecified atom stereocenters. The summed E-state index contributed by atoms with van der Waals surface area (Å²) in [5, 5.41) is 0.875. The Labute approximate surface area is 158 Å². The van der Waals surface area contributed by atoms with Gasteiger partial charge in [-0.3, -0.25) is 14.7 Å². The highest BCUT2D eigenvalue weighted by molar-refractivity contribution is 9.10. The molecule has 2 aromatic heterocycles. The maximum absolute atomic E-state index is 12.2. The molecule has 3 aromatic rings. The number of hydrogen-bond acceptors (Lipinski definition) is 5. The topological polar surface area (TPSA) is 98.9 Å². The van der Waals surface area contributed by atoms with Gasteiger partial charge in [0.25, 0.3) is 5.56 Å². The zero-order valence-electron chi connectivity index (χ0n) is 14.0. The van der Waals surface area contributed by atoms with Crippen molar-refractivity contribution in [2.75, 3.05) is 12.8 Å². The summed E-state index contributed by atoms with van der Waals surface area (Å²) in [7, 11) is -3.56. The van der Waals surface area contributed by atoms with Crippen molar-refractivity contribution in [3.8, 4) is 0 Å². The van der Waals surface area contributed by atoms with E-state index in [2.05, 4.69) is 41.8 Å². The maximum atomic E-state index is 12.2. The SMILES string of the molecule is CS(=O)(=O)c1nc2c(c(=O)[nH]1)CCN(Cc1c[nH]c3ccc(Br)cc13)C2. The van der Waals surface area contributed by atoms with Gasteiger partial charge in [0.1, 0.15) is 0 Å². The lowest BCUT2D eigenvalue weighted by molar-refractivity contribution is 0.240. The highest BCUT2D eigenvalue weighted by Crippen LogP contribution is 2.25. The molecule has 1 aliphatic rings. The Kier molecular flexibility index (Phi) is 4.25. The van der Waals surface area contributed by atoms with Crippen molar-refractivity contribution >= 4 is 36.7 Å². The zero-order valence-corrected chi connectivity index (χ0v) is 16.4. The van der Waals surface area contributed by atoms with E-state index in [-0.39, 0.29) is 10.7 Å². The third-order valence-corrected chi connectivity index (χ3v) is 5.99. The van der Waals surface area contributed by atoms with Crippen molar-refractivity contribution in [3.05, 3.63) is 56.0 Å². The molecule has 0 spiro atoms. The van der Waals surface area contributed by atoms with Crippen LogP contribution in [0.4, 0.5) is 0 Å². The van der Waals surface area contributed by atoms with Gasteiger partial charge in [-0.05, 0) is 30.2 Å². The van der Waals surface area contributed by atoms with Crippen LogP contribution in [0.5, 0.6) is 0 Å². The lowest BCUT2D eigenvalue weighted by atomic mass is 10.1. The molecule has 136 valence electrons. The van der Waals surface area contributed by atoms with Gasteiger partial charge >= 0.3 is 0 Å². The summed E-state index contributed by atoms with van der Waals surface area (Å²) in [5.74, 6) is 0. The molecule has 7 nitrogen and oxygen atoms in total. The number of halogens is 1. The molecule has 4 rings (SSSR count). The Morgan fingerprint density at radius 3 is 2.92 bits per heavy atom. The van der Waals surface area contributed by atoms with E-state index in [1.807, 2.05) is 18.3 Å². The number of aromatic nitrogens is 3. The minimum atomic E-state index is -3.56. The number of aromatic amines is 2. The van der Waals surface area contributed by atoms with E-state index in [0.29, 0.717) is 30.8 Å². The summed E-state index contributed by atoms with van der Waals surface area (Å²) in [4.78, 5) is 24.2. The van der Waals surface area contributed by atoms with Crippen LogP contribution in [0.3, 0.4) is 0 Å². The quantitative estimate of drug-likeness (QED) is 0.611. The van der Waals surface area contributed by atoms with Gasteiger partial charge in [-0.1, -0.05) is 15.9 Å². The standard InChI is InChI=1S/C17H17BrN4O3S/c1-26(24,25)17-20-15-9-22(5-4-12(15)16(23)21-17)8-10-7-19-14-3-2-11(18)6-13(10)14/h2-3,6-7,19H,4-5,8-9H2,1H3,(H,20,21,23). The molecule has 9 heteroatoms. The fourth-order valence-electron chi connectivity index (χ4n) is 3.30. The van der Waals surface area contributed by atoms with E-state index >= 15 is 0 Å². The third-order valence-electron chi connectivity index (χ3n) is 4.61. The number of benzene rings is 1. The molecule has 0 amide bonds.